The zero-order chi connectivity index (χ0) is 14.7. The van der Waals surface area contributed by atoms with Gasteiger partial charge >= 0.3 is 0 Å². The molecule has 2 aromatic rings. The number of benzene rings is 1. The van der Waals surface area contributed by atoms with Crippen molar-refractivity contribution in [3.63, 3.8) is 0 Å². The number of methoxy groups -OCH3 is 1. The van der Waals surface area contributed by atoms with Crippen molar-refractivity contribution in [3.8, 4) is 17.0 Å². The van der Waals surface area contributed by atoms with Crippen LogP contribution in [0.5, 0.6) is 5.88 Å². The normalized spacial score (nSPS) is 12.3. The molecule has 0 saturated heterocycles. The molecular weight excluding hydrogens is 256 g/mol. The number of aromatic hydroxyl groups is 1. The highest BCUT2D eigenvalue weighted by atomic mass is 16.5. The van der Waals surface area contributed by atoms with Crippen LogP contribution in [0.15, 0.2) is 29.1 Å². The van der Waals surface area contributed by atoms with Crippen LogP contribution in [0.1, 0.15) is 24.2 Å². The van der Waals surface area contributed by atoms with Gasteiger partial charge in [0.2, 0.25) is 5.88 Å². The molecule has 1 atom stereocenters. The number of aromatic amines is 1. The SMILES string of the molecule is COCC(C)c1nc(O)c(-c2ccccc2C)c(=O)[nH]1. The first-order valence-electron chi connectivity index (χ1n) is 6.42. The van der Waals surface area contributed by atoms with E-state index in [1.54, 1.807) is 13.2 Å². The fraction of sp³-hybridized carbons (Fsp3) is 0.333. The van der Waals surface area contributed by atoms with Crippen LogP contribution in [0, 0.1) is 6.92 Å². The van der Waals surface area contributed by atoms with E-state index in [-0.39, 0.29) is 22.9 Å². The van der Waals surface area contributed by atoms with E-state index in [9.17, 15) is 9.90 Å². The Kier molecular flexibility index (Phi) is 4.20. The largest absolute Gasteiger partial charge is 0.493 e. The molecule has 5 nitrogen and oxygen atoms in total. The van der Waals surface area contributed by atoms with Crippen molar-refractivity contribution in [1.82, 2.24) is 9.97 Å². The number of aromatic nitrogens is 2. The maximum absolute atomic E-state index is 12.2. The lowest BCUT2D eigenvalue weighted by molar-refractivity contribution is 0.181. The first kappa shape index (κ1) is 14.3. The van der Waals surface area contributed by atoms with Gasteiger partial charge in [0, 0.05) is 13.0 Å². The maximum atomic E-state index is 12.2. The zero-order valence-electron chi connectivity index (χ0n) is 11.8. The number of hydrogen-bond acceptors (Lipinski definition) is 4. The lowest BCUT2D eigenvalue weighted by Gasteiger charge is -2.12. The Balaban J connectivity index is 2.53. The van der Waals surface area contributed by atoms with Gasteiger partial charge in [0.05, 0.1) is 6.61 Å². The van der Waals surface area contributed by atoms with E-state index < -0.39 is 0 Å². The molecule has 0 radical (unpaired) electrons. The summed E-state index contributed by atoms with van der Waals surface area (Å²) in [4.78, 5) is 19.0. The van der Waals surface area contributed by atoms with Gasteiger partial charge in [-0.3, -0.25) is 4.79 Å². The predicted octanol–water partition coefficient (Wildman–Crippen LogP) is 2.20. The number of nitrogens with zero attached hydrogens (tertiary/aromatic N) is 1. The average Bonchev–Trinajstić information content (AvgIpc) is 2.40. The van der Waals surface area contributed by atoms with Crippen molar-refractivity contribution in [2.24, 2.45) is 0 Å². The first-order valence-corrected chi connectivity index (χ1v) is 6.42. The summed E-state index contributed by atoms with van der Waals surface area (Å²) >= 11 is 0. The molecule has 2 rings (SSSR count). The van der Waals surface area contributed by atoms with E-state index in [1.165, 1.54) is 0 Å². The van der Waals surface area contributed by atoms with E-state index in [0.717, 1.165) is 5.56 Å². The number of ether oxygens (including phenoxy) is 1. The van der Waals surface area contributed by atoms with Gasteiger partial charge in [-0.05, 0) is 18.1 Å². The molecule has 1 aromatic heterocycles. The molecule has 0 aliphatic carbocycles. The molecule has 1 aromatic carbocycles. The molecule has 0 saturated carbocycles. The van der Waals surface area contributed by atoms with Crippen molar-refractivity contribution in [1.29, 1.82) is 0 Å². The van der Waals surface area contributed by atoms with Gasteiger partial charge in [-0.15, -0.1) is 0 Å². The molecule has 0 fully saturated rings. The van der Waals surface area contributed by atoms with E-state index in [4.69, 9.17) is 4.74 Å². The molecule has 0 aliphatic heterocycles. The third-order valence-corrected chi connectivity index (χ3v) is 3.22. The van der Waals surface area contributed by atoms with E-state index in [0.29, 0.717) is 18.0 Å². The number of aryl methyl sites for hydroxylation is 1. The minimum atomic E-state index is -0.343. The molecule has 5 heteroatoms. The van der Waals surface area contributed by atoms with Crippen LogP contribution in [0.2, 0.25) is 0 Å². The quantitative estimate of drug-likeness (QED) is 0.896. The molecule has 2 N–H and O–H groups in total. The van der Waals surface area contributed by atoms with Crippen molar-refractivity contribution < 1.29 is 9.84 Å². The van der Waals surface area contributed by atoms with E-state index >= 15 is 0 Å². The lowest BCUT2D eigenvalue weighted by Crippen LogP contribution is -2.17. The van der Waals surface area contributed by atoms with Crippen molar-refractivity contribution in [3.05, 3.63) is 46.0 Å². The molecule has 0 bridgehead atoms. The second-order valence-corrected chi connectivity index (χ2v) is 4.82. The molecular formula is C15H18N2O3. The third-order valence-electron chi connectivity index (χ3n) is 3.22. The van der Waals surface area contributed by atoms with Gasteiger partial charge in [-0.1, -0.05) is 31.2 Å². The highest BCUT2D eigenvalue weighted by Gasteiger charge is 2.17. The van der Waals surface area contributed by atoms with Crippen LogP contribution in [0.3, 0.4) is 0 Å². The summed E-state index contributed by atoms with van der Waals surface area (Å²) < 4.78 is 5.03. The average molecular weight is 274 g/mol. The van der Waals surface area contributed by atoms with Crippen LogP contribution in [0.25, 0.3) is 11.1 Å². The van der Waals surface area contributed by atoms with Gasteiger partial charge in [0.1, 0.15) is 11.4 Å². The minimum Gasteiger partial charge on any atom is -0.493 e. The Morgan fingerprint density at radius 3 is 2.70 bits per heavy atom. The summed E-state index contributed by atoms with van der Waals surface area (Å²) in [6.45, 7) is 4.18. The van der Waals surface area contributed by atoms with Crippen LogP contribution in [-0.4, -0.2) is 28.8 Å². The Morgan fingerprint density at radius 1 is 1.40 bits per heavy atom. The molecule has 0 amide bonds. The van der Waals surface area contributed by atoms with Gasteiger partial charge in [0.25, 0.3) is 5.56 Å². The highest BCUT2D eigenvalue weighted by molar-refractivity contribution is 5.70. The van der Waals surface area contributed by atoms with Crippen LogP contribution in [-0.2, 0) is 4.74 Å². The molecule has 106 valence electrons. The molecule has 20 heavy (non-hydrogen) atoms. The van der Waals surface area contributed by atoms with Crippen LogP contribution >= 0.6 is 0 Å². The second kappa shape index (κ2) is 5.88. The summed E-state index contributed by atoms with van der Waals surface area (Å²) in [5.74, 6) is 0.0807. The fourth-order valence-corrected chi connectivity index (χ4v) is 2.14. The second-order valence-electron chi connectivity index (χ2n) is 4.82. The summed E-state index contributed by atoms with van der Waals surface area (Å²) in [6, 6.07) is 7.38. The number of rotatable bonds is 4. The van der Waals surface area contributed by atoms with Gasteiger partial charge in [-0.2, -0.15) is 4.98 Å². The molecule has 1 unspecified atom stereocenters. The monoisotopic (exact) mass is 274 g/mol. The summed E-state index contributed by atoms with van der Waals surface area (Å²) in [6.07, 6.45) is 0. The summed E-state index contributed by atoms with van der Waals surface area (Å²) in [5.41, 5.74) is 1.46. The number of hydrogen-bond donors (Lipinski definition) is 2. The topological polar surface area (TPSA) is 75.2 Å². The fourth-order valence-electron chi connectivity index (χ4n) is 2.14. The Morgan fingerprint density at radius 2 is 2.10 bits per heavy atom. The maximum Gasteiger partial charge on any atom is 0.262 e. The summed E-state index contributed by atoms with van der Waals surface area (Å²) in [7, 11) is 1.58. The zero-order valence-corrected chi connectivity index (χ0v) is 11.8. The van der Waals surface area contributed by atoms with Gasteiger partial charge < -0.3 is 14.8 Å². The Hall–Kier alpha value is -2.14. The number of H-pyrrole nitrogens is 1. The third kappa shape index (κ3) is 2.72. The van der Waals surface area contributed by atoms with Gasteiger partial charge in [0.15, 0.2) is 0 Å². The van der Waals surface area contributed by atoms with Crippen LogP contribution in [0.4, 0.5) is 0 Å². The van der Waals surface area contributed by atoms with E-state index in [1.807, 2.05) is 32.0 Å². The first-order chi connectivity index (χ1) is 9.54. The Bertz CT molecular complexity index is 664. The Labute approximate surface area is 117 Å². The van der Waals surface area contributed by atoms with Crippen molar-refractivity contribution in [2.75, 3.05) is 13.7 Å². The predicted molar refractivity (Wildman–Crippen MR) is 77.0 cm³/mol. The highest BCUT2D eigenvalue weighted by Crippen LogP contribution is 2.27. The smallest absolute Gasteiger partial charge is 0.262 e. The number of nitrogens with one attached hydrogen (secondary N) is 1. The van der Waals surface area contributed by atoms with Crippen LogP contribution < -0.4 is 5.56 Å². The lowest BCUT2D eigenvalue weighted by atomic mass is 10.0. The molecule has 0 aliphatic rings. The summed E-state index contributed by atoms with van der Waals surface area (Å²) in [5, 5.41) is 10.1. The standard InChI is InChI=1S/C15H18N2O3/c1-9-6-4-5-7-11(9)12-14(18)16-13(17-15(12)19)10(2)8-20-3/h4-7,10H,8H2,1-3H3,(H2,16,17,18,19). The van der Waals surface area contributed by atoms with Gasteiger partial charge in [-0.25, -0.2) is 0 Å². The molecule has 0 spiro atoms. The van der Waals surface area contributed by atoms with Crippen molar-refractivity contribution in [2.45, 2.75) is 19.8 Å². The van der Waals surface area contributed by atoms with Crippen molar-refractivity contribution >= 4 is 0 Å². The molecule has 1 heterocycles. The van der Waals surface area contributed by atoms with E-state index in [2.05, 4.69) is 9.97 Å². The minimum absolute atomic E-state index is 0.0930.